The molecule has 5 heteroatoms. The fourth-order valence-electron chi connectivity index (χ4n) is 0.489. The van der Waals surface area contributed by atoms with Gasteiger partial charge in [0.2, 0.25) is 0 Å². The van der Waals surface area contributed by atoms with Gasteiger partial charge in [0.15, 0.2) is 0 Å². The van der Waals surface area contributed by atoms with E-state index in [1.54, 1.807) is 0 Å². The van der Waals surface area contributed by atoms with Crippen LogP contribution in [0.5, 0.6) is 0 Å². The summed E-state index contributed by atoms with van der Waals surface area (Å²) in [5.74, 6) is 1.33. The van der Waals surface area contributed by atoms with Crippen LogP contribution in [-0.4, -0.2) is 25.0 Å². The first-order chi connectivity index (χ1) is 5.00. The van der Waals surface area contributed by atoms with Crippen molar-refractivity contribution in [2.75, 3.05) is 12.0 Å². The molecule has 0 unspecified atom stereocenters. The zero-order valence-electron chi connectivity index (χ0n) is 6.36. The van der Waals surface area contributed by atoms with E-state index in [0.29, 0.717) is 6.26 Å². The highest BCUT2D eigenvalue weighted by atomic mass is 32.2. The highest BCUT2D eigenvalue weighted by Crippen LogP contribution is 2.12. The maximum absolute atomic E-state index is 9.19. The first-order valence-electron chi connectivity index (χ1n) is 3.19. The summed E-state index contributed by atoms with van der Waals surface area (Å²) in [5, 5.41) is 2.18. The number of hydrogen-bond acceptors (Lipinski definition) is 3. The molecule has 0 saturated carbocycles. The molecule has 0 aliphatic carbocycles. The van der Waals surface area contributed by atoms with E-state index in [-0.39, 0.29) is 0 Å². The van der Waals surface area contributed by atoms with Crippen molar-refractivity contribution >= 4 is 21.9 Å². The highest BCUT2D eigenvalue weighted by molar-refractivity contribution is 8.02. The molecule has 3 nitrogen and oxygen atoms in total. The molecule has 1 heterocycles. The third-order valence-corrected chi connectivity index (χ3v) is 1.73. The maximum Gasteiger partial charge on any atom is 0.261 e. The molecular formula is C6H12O3S2. The number of thioether (sulfide) groups is 1. The lowest BCUT2D eigenvalue weighted by atomic mass is 10.3. The molecular weight excluding hydrogens is 184 g/mol. The molecule has 1 aliphatic rings. The Bertz CT molecular complexity index is 190. The Hall–Kier alpha value is -0.0000000000000000763. The Morgan fingerprint density at radius 3 is 2.18 bits per heavy atom. The van der Waals surface area contributed by atoms with Crippen molar-refractivity contribution < 1.29 is 13.0 Å². The maximum atomic E-state index is 9.19. The monoisotopic (exact) mass is 196 g/mol. The van der Waals surface area contributed by atoms with E-state index in [1.165, 1.54) is 18.6 Å². The molecule has 0 amide bonds. The average molecular weight is 196 g/mol. The molecule has 0 aromatic heterocycles. The van der Waals surface area contributed by atoms with Crippen LogP contribution in [0.1, 0.15) is 12.8 Å². The largest absolute Gasteiger partial charge is 0.286 e. The van der Waals surface area contributed by atoms with Crippen LogP contribution >= 0.6 is 11.8 Å². The van der Waals surface area contributed by atoms with Gasteiger partial charge in [-0.15, -0.1) is 11.8 Å². The topological polar surface area (TPSA) is 54.4 Å². The van der Waals surface area contributed by atoms with Gasteiger partial charge >= 0.3 is 0 Å². The Morgan fingerprint density at radius 1 is 1.55 bits per heavy atom. The molecule has 11 heavy (non-hydrogen) atoms. The van der Waals surface area contributed by atoms with Crippen molar-refractivity contribution in [2.45, 2.75) is 12.8 Å². The summed E-state index contributed by atoms with van der Waals surface area (Å²) >= 11 is 1.91. The summed E-state index contributed by atoms with van der Waals surface area (Å²) in [7, 11) is -3.67. The molecule has 1 aliphatic heterocycles. The summed E-state index contributed by atoms with van der Waals surface area (Å²) in [6, 6.07) is 0. The van der Waals surface area contributed by atoms with Gasteiger partial charge in [-0.2, -0.15) is 8.42 Å². The molecule has 0 radical (unpaired) electrons. The summed E-state index contributed by atoms with van der Waals surface area (Å²) in [4.78, 5) is 0. The molecule has 0 bridgehead atoms. The van der Waals surface area contributed by atoms with Gasteiger partial charge in [-0.25, -0.2) is 0 Å². The van der Waals surface area contributed by atoms with Gasteiger partial charge in [-0.05, 0) is 24.0 Å². The second-order valence-corrected chi connectivity index (χ2v) is 4.60. The minimum Gasteiger partial charge on any atom is -0.286 e. The molecule has 0 aromatic rings. The van der Waals surface area contributed by atoms with Crippen molar-refractivity contribution in [3.63, 3.8) is 0 Å². The second kappa shape index (κ2) is 5.62. The summed E-state index contributed by atoms with van der Waals surface area (Å²) < 4.78 is 25.9. The van der Waals surface area contributed by atoms with Crippen LogP contribution in [0.3, 0.4) is 0 Å². The third-order valence-electron chi connectivity index (χ3n) is 0.825. The summed E-state index contributed by atoms with van der Waals surface area (Å²) in [6.45, 7) is 0. The number of rotatable bonds is 0. The molecule has 0 spiro atoms. The molecule has 0 atom stereocenters. The predicted octanol–water partition coefficient (Wildman–Crippen LogP) is 1.53. The van der Waals surface area contributed by atoms with E-state index >= 15 is 0 Å². The smallest absolute Gasteiger partial charge is 0.261 e. The van der Waals surface area contributed by atoms with Crippen molar-refractivity contribution in [3.8, 4) is 0 Å². The van der Waals surface area contributed by atoms with Crippen molar-refractivity contribution in [1.29, 1.82) is 0 Å². The Balaban J connectivity index is 0.000000187. The quantitative estimate of drug-likeness (QED) is 0.597. The molecule has 0 saturated heterocycles. The van der Waals surface area contributed by atoms with Gasteiger partial charge in [0, 0.05) is 0 Å². The summed E-state index contributed by atoms with van der Waals surface area (Å²) in [5.41, 5.74) is 0. The normalized spacial score (nSPS) is 16.9. The SMILES string of the molecule is C1=CSCCC1.CS(=O)(=O)O. The van der Waals surface area contributed by atoms with Gasteiger partial charge in [-0.3, -0.25) is 4.55 Å². The van der Waals surface area contributed by atoms with Crippen LogP contribution in [0.2, 0.25) is 0 Å². The van der Waals surface area contributed by atoms with Crippen LogP contribution in [0, 0.1) is 0 Å². The van der Waals surface area contributed by atoms with E-state index < -0.39 is 10.1 Å². The van der Waals surface area contributed by atoms with Gasteiger partial charge in [0.05, 0.1) is 6.26 Å². The van der Waals surface area contributed by atoms with Crippen LogP contribution in [0.25, 0.3) is 0 Å². The zero-order valence-corrected chi connectivity index (χ0v) is 7.99. The Morgan fingerprint density at radius 2 is 2.09 bits per heavy atom. The van der Waals surface area contributed by atoms with Crippen LogP contribution < -0.4 is 0 Å². The predicted molar refractivity (Wildman–Crippen MR) is 48.3 cm³/mol. The Kier molecular flexibility index (Phi) is 5.62. The summed E-state index contributed by atoms with van der Waals surface area (Å²) in [6.07, 6.45) is 5.62. The van der Waals surface area contributed by atoms with Crippen LogP contribution in [0.4, 0.5) is 0 Å². The van der Waals surface area contributed by atoms with Gasteiger partial charge in [0.1, 0.15) is 0 Å². The first-order valence-corrected chi connectivity index (χ1v) is 6.09. The lowest BCUT2D eigenvalue weighted by Gasteiger charge is -1.97. The van der Waals surface area contributed by atoms with E-state index in [1.807, 2.05) is 11.8 Å². The molecule has 0 aromatic carbocycles. The first kappa shape index (κ1) is 11.0. The van der Waals surface area contributed by atoms with Crippen molar-refractivity contribution in [3.05, 3.63) is 11.5 Å². The molecule has 1 rings (SSSR count). The lowest BCUT2D eigenvalue weighted by molar-refractivity contribution is 0.490. The fourth-order valence-corrected chi connectivity index (χ4v) is 1.23. The van der Waals surface area contributed by atoms with Gasteiger partial charge < -0.3 is 0 Å². The zero-order chi connectivity index (χ0) is 8.74. The van der Waals surface area contributed by atoms with Crippen molar-refractivity contribution in [1.82, 2.24) is 0 Å². The minimum absolute atomic E-state index is 0.715. The van der Waals surface area contributed by atoms with Crippen LogP contribution in [-0.2, 0) is 10.1 Å². The van der Waals surface area contributed by atoms with E-state index in [9.17, 15) is 8.42 Å². The van der Waals surface area contributed by atoms with E-state index in [0.717, 1.165) is 0 Å². The van der Waals surface area contributed by atoms with Crippen LogP contribution in [0.15, 0.2) is 11.5 Å². The van der Waals surface area contributed by atoms with E-state index in [4.69, 9.17) is 4.55 Å². The third kappa shape index (κ3) is 17.8. The van der Waals surface area contributed by atoms with Gasteiger partial charge in [0.25, 0.3) is 10.1 Å². The number of allylic oxidation sites excluding steroid dienone is 1. The highest BCUT2D eigenvalue weighted by Gasteiger charge is 1.87. The lowest BCUT2D eigenvalue weighted by Crippen LogP contribution is -1.88. The molecule has 66 valence electrons. The molecule has 1 N–H and O–H groups in total. The van der Waals surface area contributed by atoms with Gasteiger partial charge in [-0.1, -0.05) is 6.08 Å². The Labute approximate surface area is 71.6 Å². The minimum atomic E-state index is -3.67. The molecule has 0 fully saturated rings. The fraction of sp³-hybridized carbons (Fsp3) is 0.667. The second-order valence-electron chi connectivity index (χ2n) is 2.12. The number of hydrogen-bond donors (Lipinski definition) is 1. The average Bonchev–Trinajstić information content (AvgIpc) is 1.88. The van der Waals surface area contributed by atoms with Crippen molar-refractivity contribution in [2.24, 2.45) is 0 Å². The van der Waals surface area contributed by atoms with E-state index in [2.05, 4.69) is 11.5 Å². The standard InChI is InChI=1S/C5H8S.CH4O3S/c1-2-4-6-5-3-1;1-5(2,3)4/h2,4H,1,3,5H2;1H3,(H,2,3,4).